The largest absolute Gasteiger partial charge is 0.326 e. The Kier molecular flexibility index (Phi) is 4.20. The third-order valence-corrected chi connectivity index (χ3v) is 3.79. The molecule has 0 radical (unpaired) electrons. The van der Waals surface area contributed by atoms with Crippen molar-refractivity contribution in [2.75, 3.05) is 6.54 Å². The number of aromatic nitrogens is 4. The van der Waals surface area contributed by atoms with E-state index in [9.17, 15) is 8.42 Å². The van der Waals surface area contributed by atoms with Gasteiger partial charge in [-0.1, -0.05) is 11.3 Å². The van der Waals surface area contributed by atoms with Gasteiger partial charge < -0.3 is 5.73 Å². The highest BCUT2D eigenvalue weighted by molar-refractivity contribution is 7.89. The molecule has 0 saturated heterocycles. The van der Waals surface area contributed by atoms with E-state index in [-0.39, 0.29) is 11.6 Å². The maximum Gasteiger partial charge on any atom is 0.258 e. The van der Waals surface area contributed by atoms with Crippen molar-refractivity contribution in [1.29, 1.82) is 0 Å². The zero-order chi connectivity index (χ0) is 13.7. The van der Waals surface area contributed by atoms with E-state index in [1.165, 1.54) is 23.1 Å². The highest BCUT2D eigenvalue weighted by Crippen LogP contribution is 2.05. The molecule has 0 bridgehead atoms. The molecule has 8 nitrogen and oxygen atoms in total. The molecule has 2 rings (SSSR count). The number of nitrogens with two attached hydrogens (primary N) is 1. The van der Waals surface area contributed by atoms with Crippen LogP contribution in [0.2, 0.25) is 0 Å². The molecule has 102 valence electrons. The number of hydrogen-bond acceptors (Lipinski definition) is 6. The molecule has 19 heavy (non-hydrogen) atoms. The predicted octanol–water partition coefficient (Wildman–Crippen LogP) is -0.890. The van der Waals surface area contributed by atoms with E-state index in [2.05, 4.69) is 20.0 Å². The Morgan fingerprint density at radius 1 is 1.37 bits per heavy atom. The van der Waals surface area contributed by atoms with E-state index >= 15 is 0 Å². The van der Waals surface area contributed by atoms with Gasteiger partial charge >= 0.3 is 0 Å². The van der Waals surface area contributed by atoms with Crippen molar-refractivity contribution in [1.82, 2.24) is 24.7 Å². The monoisotopic (exact) mass is 282 g/mol. The van der Waals surface area contributed by atoms with Gasteiger partial charge in [-0.25, -0.2) is 18.1 Å². The summed E-state index contributed by atoms with van der Waals surface area (Å²) in [6.45, 7) is 0.944. The van der Waals surface area contributed by atoms with Crippen LogP contribution in [0.15, 0.2) is 35.7 Å². The van der Waals surface area contributed by atoms with Gasteiger partial charge in [0.1, 0.15) is 0 Å². The third-order valence-electron chi connectivity index (χ3n) is 2.41. The van der Waals surface area contributed by atoms with Crippen LogP contribution in [0.1, 0.15) is 5.56 Å². The van der Waals surface area contributed by atoms with Gasteiger partial charge in [0, 0.05) is 25.5 Å². The molecule has 0 aromatic carbocycles. The summed E-state index contributed by atoms with van der Waals surface area (Å²) in [5.41, 5.74) is 6.20. The van der Waals surface area contributed by atoms with Crippen LogP contribution in [0.4, 0.5) is 0 Å². The van der Waals surface area contributed by atoms with Crippen LogP contribution in [0.25, 0.3) is 0 Å². The first-order valence-electron chi connectivity index (χ1n) is 5.60. The van der Waals surface area contributed by atoms with E-state index in [0.717, 1.165) is 5.56 Å². The number of pyridine rings is 1. The lowest BCUT2D eigenvalue weighted by Crippen LogP contribution is -2.28. The van der Waals surface area contributed by atoms with Gasteiger partial charge in [-0.05, 0) is 11.6 Å². The Morgan fingerprint density at radius 3 is 2.79 bits per heavy atom. The van der Waals surface area contributed by atoms with Crippen LogP contribution >= 0.6 is 0 Å². The first kappa shape index (κ1) is 13.6. The summed E-state index contributed by atoms with van der Waals surface area (Å²) in [6.07, 6.45) is 4.64. The Labute approximate surface area is 110 Å². The van der Waals surface area contributed by atoms with Crippen molar-refractivity contribution < 1.29 is 8.42 Å². The Bertz CT molecular complexity index is 608. The molecule has 0 unspecified atom stereocenters. The minimum absolute atomic E-state index is 0.0247. The average molecular weight is 282 g/mol. The van der Waals surface area contributed by atoms with E-state index in [1.54, 1.807) is 12.3 Å². The molecule has 2 heterocycles. The Morgan fingerprint density at radius 2 is 2.21 bits per heavy atom. The fraction of sp³-hybridized carbons (Fsp3) is 0.300. The highest BCUT2D eigenvalue weighted by atomic mass is 32.2. The summed E-state index contributed by atoms with van der Waals surface area (Å²) in [5.74, 6) is 0. The third kappa shape index (κ3) is 3.56. The van der Waals surface area contributed by atoms with Crippen molar-refractivity contribution >= 4 is 10.0 Å². The SMILES string of the molecule is NCc1ccc(S(=O)(=O)NCCn2ccnn2)nc1. The fourth-order valence-electron chi connectivity index (χ4n) is 1.41. The quantitative estimate of drug-likeness (QED) is 0.710. The first-order chi connectivity index (χ1) is 9.12. The number of rotatable bonds is 6. The van der Waals surface area contributed by atoms with Crippen molar-refractivity contribution in [3.63, 3.8) is 0 Å². The van der Waals surface area contributed by atoms with Crippen LogP contribution in [0.3, 0.4) is 0 Å². The van der Waals surface area contributed by atoms with E-state index in [1.807, 2.05) is 0 Å². The molecule has 3 N–H and O–H groups in total. The van der Waals surface area contributed by atoms with Crippen LogP contribution in [-0.2, 0) is 23.1 Å². The molecule has 0 aliphatic rings. The number of sulfonamides is 1. The number of nitrogens with one attached hydrogen (secondary N) is 1. The molecule has 9 heteroatoms. The zero-order valence-electron chi connectivity index (χ0n) is 10.1. The first-order valence-corrected chi connectivity index (χ1v) is 7.09. The molecule has 0 aliphatic heterocycles. The molecular weight excluding hydrogens is 268 g/mol. The minimum Gasteiger partial charge on any atom is -0.326 e. The summed E-state index contributed by atoms with van der Waals surface area (Å²) >= 11 is 0. The van der Waals surface area contributed by atoms with Crippen molar-refractivity contribution in [2.45, 2.75) is 18.1 Å². The molecule has 0 spiro atoms. The van der Waals surface area contributed by atoms with Crippen LogP contribution < -0.4 is 10.5 Å². The fourth-order valence-corrected chi connectivity index (χ4v) is 2.36. The van der Waals surface area contributed by atoms with E-state index in [4.69, 9.17) is 5.73 Å². The molecular formula is C10H14N6O2S. The Balaban J connectivity index is 1.97. The second kappa shape index (κ2) is 5.87. The topological polar surface area (TPSA) is 116 Å². The van der Waals surface area contributed by atoms with Crippen LogP contribution in [0, 0.1) is 0 Å². The highest BCUT2D eigenvalue weighted by Gasteiger charge is 2.14. The lowest BCUT2D eigenvalue weighted by atomic mass is 10.3. The van der Waals surface area contributed by atoms with Crippen molar-refractivity contribution in [2.24, 2.45) is 5.73 Å². The standard InChI is InChI=1S/C10H14N6O2S/c11-7-9-1-2-10(12-8-9)19(17,18)14-4-6-16-5-3-13-15-16/h1-3,5,8,14H,4,6-7,11H2. The van der Waals surface area contributed by atoms with Gasteiger partial charge in [-0.15, -0.1) is 5.10 Å². The Hall–Kier alpha value is -1.84. The summed E-state index contributed by atoms with van der Waals surface area (Å²) in [6, 6.07) is 3.07. The lowest BCUT2D eigenvalue weighted by molar-refractivity contribution is 0.550. The van der Waals surface area contributed by atoms with Gasteiger partial charge in [0.25, 0.3) is 10.0 Å². The summed E-state index contributed by atoms with van der Waals surface area (Å²) < 4.78 is 27.8. The van der Waals surface area contributed by atoms with Gasteiger partial charge in [-0.3, -0.25) is 4.68 Å². The molecule has 2 aromatic rings. The summed E-state index contributed by atoms with van der Waals surface area (Å²) in [5, 5.41) is 7.33. The lowest BCUT2D eigenvalue weighted by Gasteiger charge is -2.06. The van der Waals surface area contributed by atoms with E-state index in [0.29, 0.717) is 13.1 Å². The molecule has 0 amide bonds. The van der Waals surface area contributed by atoms with Crippen molar-refractivity contribution in [3.8, 4) is 0 Å². The second-order valence-electron chi connectivity index (χ2n) is 3.77. The summed E-state index contributed by atoms with van der Waals surface area (Å²) in [7, 11) is -3.60. The smallest absolute Gasteiger partial charge is 0.258 e. The van der Waals surface area contributed by atoms with E-state index < -0.39 is 10.0 Å². The normalized spacial score (nSPS) is 11.6. The van der Waals surface area contributed by atoms with Crippen LogP contribution in [0.5, 0.6) is 0 Å². The minimum atomic E-state index is -3.60. The average Bonchev–Trinajstić information content (AvgIpc) is 2.92. The maximum absolute atomic E-state index is 11.9. The second-order valence-corrected chi connectivity index (χ2v) is 5.49. The zero-order valence-corrected chi connectivity index (χ0v) is 10.9. The number of nitrogens with zero attached hydrogens (tertiary/aromatic N) is 4. The maximum atomic E-state index is 11.9. The molecule has 0 fully saturated rings. The van der Waals surface area contributed by atoms with Gasteiger partial charge in [-0.2, -0.15) is 0 Å². The van der Waals surface area contributed by atoms with Gasteiger partial charge in [0.05, 0.1) is 12.7 Å². The molecule has 0 atom stereocenters. The number of hydrogen-bond donors (Lipinski definition) is 2. The van der Waals surface area contributed by atoms with Gasteiger partial charge in [0.15, 0.2) is 5.03 Å². The van der Waals surface area contributed by atoms with Crippen LogP contribution in [-0.4, -0.2) is 34.9 Å². The molecule has 0 saturated carbocycles. The van der Waals surface area contributed by atoms with Gasteiger partial charge in [0.2, 0.25) is 0 Å². The molecule has 0 aliphatic carbocycles. The molecule has 2 aromatic heterocycles. The predicted molar refractivity (Wildman–Crippen MR) is 67.3 cm³/mol. The summed E-state index contributed by atoms with van der Waals surface area (Å²) in [4.78, 5) is 3.87. The van der Waals surface area contributed by atoms with Crippen molar-refractivity contribution in [3.05, 3.63) is 36.3 Å².